The number of benzene rings is 1. The Bertz CT molecular complexity index is 770. The van der Waals surface area contributed by atoms with Gasteiger partial charge in [0.2, 0.25) is 5.91 Å². The van der Waals surface area contributed by atoms with E-state index in [4.69, 9.17) is 10.1 Å². The number of piperidine rings is 1. The molecule has 1 aromatic carbocycles. The van der Waals surface area contributed by atoms with Gasteiger partial charge in [-0.15, -0.1) is 11.3 Å². The maximum Gasteiger partial charge on any atom is 0.335 e. The fourth-order valence-electron chi connectivity index (χ4n) is 3.30. The summed E-state index contributed by atoms with van der Waals surface area (Å²) in [6, 6.07) is 6.76. The molecule has 1 N–H and O–H groups in total. The number of carbonyl (C=O) groups is 2. The Morgan fingerprint density at radius 3 is 2.73 bits per heavy atom. The molecule has 2 aromatic rings. The molecule has 26 heavy (non-hydrogen) atoms. The number of aromatic nitrogens is 1. The van der Waals surface area contributed by atoms with E-state index >= 15 is 0 Å². The third-order valence-electron chi connectivity index (χ3n) is 4.88. The van der Waals surface area contributed by atoms with Gasteiger partial charge in [0.25, 0.3) is 0 Å². The Labute approximate surface area is 157 Å². The van der Waals surface area contributed by atoms with E-state index in [1.807, 2.05) is 4.90 Å². The van der Waals surface area contributed by atoms with Crippen LogP contribution in [0.15, 0.2) is 29.6 Å². The van der Waals surface area contributed by atoms with Crippen LogP contribution in [0.2, 0.25) is 0 Å². The molecular weight excluding hydrogens is 348 g/mol. The van der Waals surface area contributed by atoms with Crippen molar-refractivity contribution in [1.29, 1.82) is 0 Å². The minimum absolute atomic E-state index is 0.171. The summed E-state index contributed by atoms with van der Waals surface area (Å²) in [5.41, 5.74) is 2.40. The lowest BCUT2D eigenvalue weighted by Crippen LogP contribution is -2.39. The van der Waals surface area contributed by atoms with Gasteiger partial charge in [-0.25, -0.2) is 9.78 Å². The highest BCUT2D eigenvalue weighted by Gasteiger charge is 2.26. The lowest BCUT2D eigenvalue weighted by Gasteiger charge is -2.32. The summed E-state index contributed by atoms with van der Waals surface area (Å²) in [5, 5.41) is 12.2. The zero-order valence-corrected chi connectivity index (χ0v) is 15.8. The van der Waals surface area contributed by atoms with Crippen LogP contribution in [0.5, 0.6) is 0 Å². The number of aryl methyl sites for hydroxylation is 2. The minimum Gasteiger partial charge on any atom is -0.478 e. The van der Waals surface area contributed by atoms with E-state index in [9.17, 15) is 9.59 Å². The summed E-state index contributed by atoms with van der Waals surface area (Å²) in [4.78, 5) is 30.1. The van der Waals surface area contributed by atoms with Gasteiger partial charge in [-0.1, -0.05) is 19.1 Å². The average Bonchev–Trinajstić information content (AvgIpc) is 3.16. The molecule has 6 heteroatoms. The normalized spacial score (nSPS) is 17.3. The summed E-state index contributed by atoms with van der Waals surface area (Å²) in [7, 11) is 0. The van der Waals surface area contributed by atoms with Crippen LogP contribution < -0.4 is 0 Å². The maximum atomic E-state index is 12.6. The number of hydrogen-bond donors (Lipinski definition) is 1. The molecule has 1 aliphatic rings. The number of hydrogen-bond acceptors (Lipinski definition) is 4. The van der Waals surface area contributed by atoms with E-state index in [0.29, 0.717) is 18.8 Å². The van der Waals surface area contributed by atoms with Crippen LogP contribution in [0, 0.1) is 0 Å². The second-order valence-corrected chi connectivity index (χ2v) is 7.60. The van der Waals surface area contributed by atoms with Crippen molar-refractivity contribution in [3.63, 3.8) is 0 Å². The Morgan fingerprint density at radius 1 is 1.31 bits per heavy atom. The van der Waals surface area contributed by atoms with Crippen LogP contribution in [-0.4, -0.2) is 40.0 Å². The smallest absolute Gasteiger partial charge is 0.335 e. The Hall–Kier alpha value is -2.21. The molecule has 0 bridgehead atoms. The Morgan fingerprint density at radius 2 is 2.08 bits per heavy atom. The molecule has 1 saturated heterocycles. The zero-order chi connectivity index (χ0) is 18.5. The van der Waals surface area contributed by atoms with Gasteiger partial charge in [-0.3, -0.25) is 4.79 Å². The van der Waals surface area contributed by atoms with Crippen LogP contribution in [0.3, 0.4) is 0 Å². The molecule has 1 amide bonds. The van der Waals surface area contributed by atoms with Crippen molar-refractivity contribution in [2.24, 2.45) is 0 Å². The Balaban J connectivity index is 1.54. The molecule has 0 aliphatic carbocycles. The fourth-order valence-corrected chi connectivity index (χ4v) is 4.33. The highest BCUT2D eigenvalue weighted by Crippen LogP contribution is 2.29. The number of carbonyl (C=O) groups excluding carboxylic acids is 1. The third-order valence-corrected chi connectivity index (χ3v) is 5.94. The summed E-state index contributed by atoms with van der Waals surface area (Å²) >= 11 is 1.71. The molecule has 2 heterocycles. The number of amides is 1. The third kappa shape index (κ3) is 4.49. The first-order chi connectivity index (χ1) is 12.6. The molecule has 1 atom stereocenters. The van der Waals surface area contributed by atoms with Gasteiger partial charge in [0, 0.05) is 30.8 Å². The monoisotopic (exact) mass is 372 g/mol. The lowest BCUT2D eigenvalue weighted by molar-refractivity contribution is -0.132. The molecule has 0 radical (unpaired) electrons. The molecule has 1 aromatic heterocycles. The van der Waals surface area contributed by atoms with E-state index in [1.165, 1.54) is 0 Å². The molecule has 3 rings (SSSR count). The van der Waals surface area contributed by atoms with Gasteiger partial charge in [0.1, 0.15) is 0 Å². The van der Waals surface area contributed by atoms with E-state index in [-0.39, 0.29) is 11.5 Å². The molecule has 1 unspecified atom stereocenters. The fraction of sp³-hybridized carbons (Fsp3) is 0.450. The molecular formula is C20H24N2O3S. The zero-order valence-electron chi connectivity index (χ0n) is 15.0. The second kappa shape index (κ2) is 8.45. The standard InChI is InChI=1S/C20H24N2O3S/c1-2-17-13-26-19(21-17)16-4-3-11-22(12-16)18(23)10-7-14-5-8-15(9-6-14)20(24)25/h5-6,8-9,13,16H,2-4,7,10-12H2,1H3,(H,24,25). The molecule has 0 saturated carbocycles. The van der Waals surface area contributed by atoms with Crippen molar-refractivity contribution in [2.75, 3.05) is 13.1 Å². The number of thiazole rings is 1. The summed E-state index contributed by atoms with van der Waals surface area (Å²) in [6.45, 7) is 3.69. The van der Waals surface area contributed by atoms with E-state index < -0.39 is 5.97 Å². The van der Waals surface area contributed by atoms with Crippen LogP contribution >= 0.6 is 11.3 Å². The average molecular weight is 372 g/mol. The topological polar surface area (TPSA) is 70.5 Å². The maximum absolute atomic E-state index is 12.6. The van der Waals surface area contributed by atoms with E-state index in [0.717, 1.165) is 48.6 Å². The number of carboxylic acids is 1. The first-order valence-corrected chi connectivity index (χ1v) is 9.99. The molecule has 138 valence electrons. The predicted octanol–water partition coefficient (Wildman–Crippen LogP) is 3.74. The quantitative estimate of drug-likeness (QED) is 0.838. The highest BCUT2D eigenvalue weighted by atomic mass is 32.1. The van der Waals surface area contributed by atoms with Crippen LogP contribution in [0.1, 0.15) is 58.7 Å². The van der Waals surface area contributed by atoms with Gasteiger partial charge in [-0.2, -0.15) is 0 Å². The number of likely N-dealkylation sites (tertiary alicyclic amines) is 1. The number of aromatic carboxylic acids is 1. The number of carboxylic acid groups (broad SMARTS) is 1. The van der Waals surface area contributed by atoms with Gasteiger partial charge in [0.05, 0.1) is 16.3 Å². The molecule has 1 aliphatic heterocycles. The SMILES string of the molecule is CCc1csc(C2CCCN(C(=O)CCc3ccc(C(=O)O)cc3)C2)n1. The van der Waals surface area contributed by atoms with Gasteiger partial charge in [0.15, 0.2) is 0 Å². The molecule has 0 spiro atoms. The lowest BCUT2D eigenvalue weighted by atomic mass is 9.98. The van der Waals surface area contributed by atoms with Crippen molar-refractivity contribution in [2.45, 2.75) is 44.9 Å². The summed E-state index contributed by atoms with van der Waals surface area (Å²) in [5.74, 6) is -0.405. The van der Waals surface area contributed by atoms with Crippen molar-refractivity contribution >= 4 is 23.2 Å². The predicted molar refractivity (Wildman–Crippen MR) is 102 cm³/mol. The summed E-state index contributed by atoms with van der Waals surface area (Å²) in [6.07, 6.45) is 4.16. The van der Waals surface area contributed by atoms with Crippen molar-refractivity contribution in [1.82, 2.24) is 9.88 Å². The van der Waals surface area contributed by atoms with Crippen molar-refractivity contribution in [3.8, 4) is 0 Å². The molecule has 1 fully saturated rings. The first-order valence-electron chi connectivity index (χ1n) is 9.11. The van der Waals surface area contributed by atoms with Crippen molar-refractivity contribution in [3.05, 3.63) is 51.5 Å². The number of nitrogens with zero attached hydrogens (tertiary/aromatic N) is 2. The van der Waals surface area contributed by atoms with Crippen LogP contribution in [-0.2, 0) is 17.6 Å². The second-order valence-electron chi connectivity index (χ2n) is 6.71. The number of rotatable bonds is 6. The largest absolute Gasteiger partial charge is 0.478 e. The molecule has 5 nitrogen and oxygen atoms in total. The minimum atomic E-state index is -0.930. The van der Waals surface area contributed by atoms with E-state index in [1.54, 1.807) is 35.6 Å². The van der Waals surface area contributed by atoms with Gasteiger partial charge in [-0.05, 0) is 43.4 Å². The Kier molecular flexibility index (Phi) is 6.04. The van der Waals surface area contributed by atoms with Gasteiger partial charge >= 0.3 is 5.97 Å². The highest BCUT2D eigenvalue weighted by molar-refractivity contribution is 7.09. The van der Waals surface area contributed by atoms with E-state index in [2.05, 4.69) is 12.3 Å². The van der Waals surface area contributed by atoms with Crippen LogP contribution in [0.25, 0.3) is 0 Å². The van der Waals surface area contributed by atoms with Gasteiger partial charge < -0.3 is 10.0 Å². The summed E-state index contributed by atoms with van der Waals surface area (Å²) < 4.78 is 0. The first kappa shape index (κ1) is 18.6. The van der Waals surface area contributed by atoms with Crippen molar-refractivity contribution < 1.29 is 14.7 Å². The van der Waals surface area contributed by atoms with Crippen LogP contribution in [0.4, 0.5) is 0 Å².